The van der Waals surface area contributed by atoms with Crippen molar-refractivity contribution in [2.24, 2.45) is 0 Å². The fourth-order valence-corrected chi connectivity index (χ4v) is 2.39. The Labute approximate surface area is 114 Å². The number of nitrogens with zero attached hydrogens (tertiary/aromatic N) is 2. The maximum Gasteiger partial charge on any atom is 0.257 e. The molecule has 0 aliphatic heterocycles. The molecule has 1 aliphatic carbocycles. The third-order valence-corrected chi connectivity index (χ3v) is 3.38. The molecule has 0 spiro atoms. The average molecular weight is 265 g/mol. The van der Waals surface area contributed by atoms with Crippen LogP contribution in [0.2, 0.25) is 0 Å². The van der Waals surface area contributed by atoms with Gasteiger partial charge in [-0.2, -0.15) is 0 Å². The summed E-state index contributed by atoms with van der Waals surface area (Å²) in [5.74, 6) is 1.10. The third kappa shape index (κ3) is 4.06. The van der Waals surface area contributed by atoms with Gasteiger partial charge >= 0.3 is 0 Å². The highest BCUT2D eigenvalue weighted by atomic mass is 16.5. The van der Waals surface area contributed by atoms with E-state index in [1.807, 2.05) is 13.8 Å². The lowest BCUT2D eigenvalue weighted by Gasteiger charge is -2.32. The van der Waals surface area contributed by atoms with Gasteiger partial charge < -0.3 is 15.2 Å². The van der Waals surface area contributed by atoms with E-state index in [1.54, 1.807) is 12.4 Å². The summed E-state index contributed by atoms with van der Waals surface area (Å²) in [7, 11) is 0. The second-order valence-corrected chi connectivity index (χ2v) is 5.52. The van der Waals surface area contributed by atoms with Crippen LogP contribution in [0.1, 0.15) is 46.0 Å². The lowest BCUT2D eigenvalue weighted by atomic mass is 9.85. The Bertz CT molecular complexity index is 403. The highest BCUT2D eigenvalue weighted by molar-refractivity contribution is 5.45. The van der Waals surface area contributed by atoms with Gasteiger partial charge in [0.1, 0.15) is 0 Å². The number of aromatic nitrogens is 2. The van der Waals surface area contributed by atoms with E-state index < -0.39 is 5.60 Å². The van der Waals surface area contributed by atoms with Gasteiger partial charge in [0.25, 0.3) is 5.88 Å². The number of anilines is 1. The summed E-state index contributed by atoms with van der Waals surface area (Å²) >= 11 is 0. The molecule has 1 saturated carbocycles. The molecule has 19 heavy (non-hydrogen) atoms. The summed E-state index contributed by atoms with van der Waals surface area (Å²) in [4.78, 5) is 8.41. The van der Waals surface area contributed by atoms with E-state index in [0.717, 1.165) is 25.7 Å². The van der Waals surface area contributed by atoms with E-state index in [9.17, 15) is 5.11 Å². The average Bonchev–Trinajstić information content (AvgIpc) is 2.38. The second kappa shape index (κ2) is 6.19. The van der Waals surface area contributed by atoms with Crippen molar-refractivity contribution < 1.29 is 9.84 Å². The molecule has 0 radical (unpaired) electrons. The molecule has 106 valence electrons. The summed E-state index contributed by atoms with van der Waals surface area (Å²) < 4.78 is 5.60. The van der Waals surface area contributed by atoms with Crippen LogP contribution in [-0.4, -0.2) is 33.3 Å². The Morgan fingerprint density at radius 3 is 2.63 bits per heavy atom. The maximum absolute atomic E-state index is 10.5. The largest absolute Gasteiger partial charge is 0.472 e. The monoisotopic (exact) mass is 265 g/mol. The van der Waals surface area contributed by atoms with Gasteiger partial charge in [0.2, 0.25) is 0 Å². The van der Waals surface area contributed by atoms with Crippen molar-refractivity contribution >= 4 is 5.82 Å². The zero-order chi connectivity index (χ0) is 13.7. The van der Waals surface area contributed by atoms with Crippen molar-refractivity contribution in [2.75, 3.05) is 11.9 Å². The summed E-state index contributed by atoms with van der Waals surface area (Å²) in [6.07, 6.45) is 8.38. The first kappa shape index (κ1) is 14.1. The molecular weight excluding hydrogens is 242 g/mol. The summed E-state index contributed by atoms with van der Waals surface area (Å²) in [5.41, 5.74) is -0.620. The Hall–Kier alpha value is -1.36. The Kier molecular flexibility index (Phi) is 4.58. The molecule has 0 atom stereocenters. The van der Waals surface area contributed by atoms with Crippen molar-refractivity contribution in [3.8, 4) is 5.88 Å². The Balaban J connectivity index is 1.98. The first-order chi connectivity index (χ1) is 9.09. The number of hydrogen-bond acceptors (Lipinski definition) is 5. The minimum absolute atomic E-state index is 0.0509. The smallest absolute Gasteiger partial charge is 0.257 e. The Morgan fingerprint density at radius 2 is 1.95 bits per heavy atom. The van der Waals surface area contributed by atoms with E-state index in [2.05, 4.69) is 15.3 Å². The van der Waals surface area contributed by atoms with Crippen LogP contribution in [0.15, 0.2) is 12.4 Å². The van der Waals surface area contributed by atoms with Gasteiger partial charge in [-0.25, -0.2) is 9.97 Å². The standard InChI is InChI=1S/C14H23N3O2/c1-11(2)19-13-12(15-8-9-16-13)17-10-14(18)6-4-3-5-7-14/h8-9,11,18H,3-7,10H2,1-2H3,(H,15,17). The maximum atomic E-state index is 10.5. The summed E-state index contributed by atoms with van der Waals surface area (Å²) in [6.45, 7) is 4.40. The summed E-state index contributed by atoms with van der Waals surface area (Å²) in [6, 6.07) is 0. The summed E-state index contributed by atoms with van der Waals surface area (Å²) in [5, 5.41) is 13.6. The SMILES string of the molecule is CC(C)Oc1nccnc1NCC1(O)CCCCC1. The van der Waals surface area contributed by atoms with Gasteiger partial charge in [0.05, 0.1) is 11.7 Å². The van der Waals surface area contributed by atoms with Crippen LogP contribution in [0.4, 0.5) is 5.82 Å². The molecule has 5 heteroatoms. The molecule has 1 aromatic rings. The van der Waals surface area contributed by atoms with Crippen molar-refractivity contribution in [1.82, 2.24) is 9.97 Å². The predicted molar refractivity (Wildman–Crippen MR) is 74.3 cm³/mol. The number of ether oxygens (including phenoxy) is 1. The number of nitrogens with one attached hydrogen (secondary N) is 1. The molecule has 5 nitrogen and oxygen atoms in total. The van der Waals surface area contributed by atoms with Gasteiger partial charge in [-0.3, -0.25) is 0 Å². The van der Waals surface area contributed by atoms with Crippen LogP contribution in [-0.2, 0) is 0 Å². The predicted octanol–water partition coefficient (Wildman–Crippen LogP) is 2.37. The van der Waals surface area contributed by atoms with Crippen LogP contribution in [0, 0.1) is 0 Å². The molecule has 2 rings (SSSR count). The van der Waals surface area contributed by atoms with Crippen molar-refractivity contribution in [3.63, 3.8) is 0 Å². The minimum atomic E-state index is -0.620. The van der Waals surface area contributed by atoms with Crippen LogP contribution in [0.25, 0.3) is 0 Å². The van der Waals surface area contributed by atoms with Crippen LogP contribution in [0.3, 0.4) is 0 Å². The van der Waals surface area contributed by atoms with E-state index in [0.29, 0.717) is 18.2 Å². The molecule has 0 unspecified atom stereocenters. The molecule has 1 heterocycles. The highest BCUT2D eigenvalue weighted by Gasteiger charge is 2.29. The number of rotatable bonds is 5. The molecule has 2 N–H and O–H groups in total. The number of hydrogen-bond donors (Lipinski definition) is 2. The van der Waals surface area contributed by atoms with Crippen molar-refractivity contribution in [1.29, 1.82) is 0 Å². The van der Waals surface area contributed by atoms with Gasteiger partial charge in [-0.15, -0.1) is 0 Å². The fraction of sp³-hybridized carbons (Fsp3) is 0.714. The number of aliphatic hydroxyl groups is 1. The van der Waals surface area contributed by atoms with Crippen LogP contribution < -0.4 is 10.1 Å². The van der Waals surface area contributed by atoms with Gasteiger partial charge in [0, 0.05) is 18.9 Å². The molecule has 1 fully saturated rings. The van der Waals surface area contributed by atoms with E-state index in [4.69, 9.17) is 4.74 Å². The first-order valence-electron chi connectivity index (χ1n) is 7.03. The molecule has 0 saturated heterocycles. The first-order valence-corrected chi connectivity index (χ1v) is 7.03. The second-order valence-electron chi connectivity index (χ2n) is 5.52. The Morgan fingerprint density at radius 1 is 1.26 bits per heavy atom. The van der Waals surface area contributed by atoms with E-state index in [-0.39, 0.29) is 6.10 Å². The molecule has 0 aromatic carbocycles. The topological polar surface area (TPSA) is 67.3 Å². The van der Waals surface area contributed by atoms with Crippen LogP contribution >= 0.6 is 0 Å². The van der Waals surface area contributed by atoms with Gasteiger partial charge in [-0.05, 0) is 26.7 Å². The van der Waals surface area contributed by atoms with Crippen LogP contribution in [0.5, 0.6) is 5.88 Å². The zero-order valence-electron chi connectivity index (χ0n) is 11.7. The van der Waals surface area contributed by atoms with Crippen molar-refractivity contribution in [2.45, 2.75) is 57.7 Å². The zero-order valence-corrected chi connectivity index (χ0v) is 11.7. The fourth-order valence-electron chi connectivity index (χ4n) is 2.39. The molecular formula is C14H23N3O2. The quantitative estimate of drug-likeness (QED) is 0.855. The lowest BCUT2D eigenvalue weighted by Crippen LogP contribution is -2.39. The molecule has 1 aromatic heterocycles. The van der Waals surface area contributed by atoms with Gasteiger partial charge in [0.15, 0.2) is 5.82 Å². The third-order valence-electron chi connectivity index (χ3n) is 3.38. The molecule has 0 amide bonds. The highest BCUT2D eigenvalue weighted by Crippen LogP contribution is 2.29. The minimum Gasteiger partial charge on any atom is -0.472 e. The molecule has 0 bridgehead atoms. The molecule has 1 aliphatic rings. The van der Waals surface area contributed by atoms with E-state index >= 15 is 0 Å². The lowest BCUT2D eigenvalue weighted by molar-refractivity contribution is 0.0166. The normalized spacial score (nSPS) is 18.3. The van der Waals surface area contributed by atoms with Gasteiger partial charge in [-0.1, -0.05) is 19.3 Å². The van der Waals surface area contributed by atoms with Crippen molar-refractivity contribution in [3.05, 3.63) is 12.4 Å². The van der Waals surface area contributed by atoms with E-state index in [1.165, 1.54) is 6.42 Å².